The summed E-state index contributed by atoms with van der Waals surface area (Å²) in [4.78, 5) is 11.6. The molecule has 0 aliphatic heterocycles. The Bertz CT molecular complexity index is 431. The molecule has 0 aliphatic carbocycles. The highest BCUT2D eigenvalue weighted by molar-refractivity contribution is 5.69. The zero-order valence-corrected chi connectivity index (χ0v) is 13.2. The molecule has 1 rings (SSSR count). The molecule has 1 aromatic carbocycles. The third-order valence-corrected chi connectivity index (χ3v) is 3.11. The van der Waals surface area contributed by atoms with Gasteiger partial charge in [0.1, 0.15) is 6.61 Å². The Labute approximate surface area is 126 Å². The van der Waals surface area contributed by atoms with Gasteiger partial charge in [-0.1, -0.05) is 19.8 Å². The first-order valence-electron chi connectivity index (χ1n) is 7.10. The van der Waals surface area contributed by atoms with Crippen LogP contribution in [-0.2, 0) is 16.1 Å². The summed E-state index contributed by atoms with van der Waals surface area (Å²) in [6.45, 7) is 2.29. The highest BCUT2D eigenvalue weighted by atomic mass is 16.5. The molecule has 118 valence electrons. The van der Waals surface area contributed by atoms with Crippen LogP contribution in [0.5, 0.6) is 17.2 Å². The van der Waals surface area contributed by atoms with E-state index in [9.17, 15) is 4.79 Å². The zero-order valence-electron chi connectivity index (χ0n) is 13.2. The van der Waals surface area contributed by atoms with E-state index in [0.29, 0.717) is 23.7 Å². The van der Waals surface area contributed by atoms with Crippen LogP contribution < -0.4 is 14.2 Å². The molecule has 0 unspecified atom stereocenters. The maximum atomic E-state index is 11.6. The summed E-state index contributed by atoms with van der Waals surface area (Å²) < 4.78 is 21.0. The molecule has 5 heteroatoms. The Morgan fingerprint density at radius 2 is 1.62 bits per heavy atom. The molecule has 0 N–H and O–H groups in total. The van der Waals surface area contributed by atoms with E-state index in [1.54, 1.807) is 33.5 Å². The van der Waals surface area contributed by atoms with E-state index in [1.165, 1.54) is 0 Å². The van der Waals surface area contributed by atoms with Crippen LogP contribution >= 0.6 is 0 Å². The Hall–Kier alpha value is -1.91. The molecule has 1 aromatic rings. The van der Waals surface area contributed by atoms with Gasteiger partial charge >= 0.3 is 5.97 Å². The third-order valence-electron chi connectivity index (χ3n) is 3.11. The fourth-order valence-corrected chi connectivity index (χ4v) is 1.97. The molecule has 0 radical (unpaired) electrons. The second kappa shape index (κ2) is 9.10. The number of methoxy groups -OCH3 is 3. The molecule has 0 saturated carbocycles. The Morgan fingerprint density at radius 3 is 2.10 bits per heavy atom. The Kier molecular flexibility index (Phi) is 7.43. The molecular weight excluding hydrogens is 272 g/mol. The first-order valence-corrected chi connectivity index (χ1v) is 7.10. The van der Waals surface area contributed by atoms with Crippen molar-refractivity contribution in [3.05, 3.63) is 17.7 Å². The largest absolute Gasteiger partial charge is 0.493 e. The number of hydrogen-bond donors (Lipinski definition) is 0. The number of carbonyl (C=O) groups is 1. The summed E-state index contributed by atoms with van der Waals surface area (Å²) in [6, 6.07) is 3.56. The Balaban J connectivity index is 2.69. The van der Waals surface area contributed by atoms with Gasteiger partial charge in [-0.05, 0) is 24.1 Å². The second-order valence-corrected chi connectivity index (χ2v) is 4.65. The third kappa shape index (κ3) is 5.17. The van der Waals surface area contributed by atoms with Gasteiger partial charge in [0.25, 0.3) is 0 Å². The van der Waals surface area contributed by atoms with Crippen LogP contribution in [-0.4, -0.2) is 27.3 Å². The summed E-state index contributed by atoms with van der Waals surface area (Å²) in [5, 5.41) is 0. The quantitative estimate of drug-likeness (QED) is 0.517. The highest BCUT2D eigenvalue weighted by Gasteiger charge is 2.14. The van der Waals surface area contributed by atoms with Crippen LogP contribution in [0, 0.1) is 0 Å². The molecule has 0 atom stereocenters. The van der Waals surface area contributed by atoms with Crippen molar-refractivity contribution < 1.29 is 23.7 Å². The van der Waals surface area contributed by atoms with E-state index in [0.717, 1.165) is 24.8 Å². The van der Waals surface area contributed by atoms with Gasteiger partial charge in [0.15, 0.2) is 11.5 Å². The smallest absolute Gasteiger partial charge is 0.306 e. The minimum atomic E-state index is -0.183. The molecule has 0 fully saturated rings. The SMILES string of the molecule is CCCCCC(=O)OCc1cc(OC)c(OC)c(OC)c1. The second-order valence-electron chi connectivity index (χ2n) is 4.65. The Morgan fingerprint density at radius 1 is 1.00 bits per heavy atom. The number of unbranched alkanes of at least 4 members (excludes halogenated alkanes) is 2. The molecule has 5 nitrogen and oxygen atoms in total. The van der Waals surface area contributed by atoms with E-state index in [-0.39, 0.29) is 12.6 Å². The van der Waals surface area contributed by atoms with Gasteiger partial charge in [-0.25, -0.2) is 0 Å². The average Bonchev–Trinajstić information content (AvgIpc) is 2.51. The van der Waals surface area contributed by atoms with Gasteiger partial charge in [-0.2, -0.15) is 0 Å². The van der Waals surface area contributed by atoms with Crippen molar-refractivity contribution in [1.82, 2.24) is 0 Å². The number of carbonyl (C=O) groups excluding carboxylic acids is 1. The van der Waals surface area contributed by atoms with E-state index in [1.807, 2.05) is 0 Å². The maximum absolute atomic E-state index is 11.6. The fraction of sp³-hybridized carbons (Fsp3) is 0.562. The number of hydrogen-bond acceptors (Lipinski definition) is 5. The van der Waals surface area contributed by atoms with Gasteiger partial charge in [0, 0.05) is 6.42 Å². The topological polar surface area (TPSA) is 54.0 Å². The van der Waals surface area contributed by atoms with Crippen LogP contribution in [0.2, 0.25) is 0 Å². The zero-order chi connectivity index (χ0) is 15.7. The minimum Gasteiger partial charge on any atom is -0.493 e. The lowest BCUT2D eigenvalue weighted by Gasteiger charge is -2.14. The first kappa shape index (κ1) is 17.1. The van der Waals surface area contributed by atoms with Crippen molar-refractivity contribution in [1.29, 1.82) is 0 Å². The lowest BCUT2D eigenvalue weighted by atomic mass is 10.2. The van der Waals surface area contributed by atoms with Gasteiger partial charge in [-0.15, -0.1) is 0 Å². The lowest BCUT2D eigenvalue weighted by Crippen LogP contribution is -2.05. The molecule has 0 amide bonds. The van der Waals surface area contributed by atoms with Gasteiger partial charge in [0.2, 0.25) is 5.75 Å². The average molecular weight is 296 g/mol. The summed E-state index contributed by atoms with van der Waals surface area (Å²) in [7, 11) is 4.66. The summed E-state index contributed by atoms with van der Waals surface area (Å²) in [6.07, 6.45) is 3.45. The first-order chi connectivity index (χ1) is 10.2. The highest BCUT2D eigenvalue weighted by Crippen LogP contribution is 2.38. The van der Waals surface area contributed by atoms with Crippen LogP contribution in [0.4, 0.5) is 0 Å². The normalized spacial score (nSPS) is 10.1. The summed E-state index contributed by atoms with van der Waals surface area (Å²) in [5.74, 6) is 1.44. The molecule has 0 heterocycles. The monoisotopic (exact) mass is 296 g/mol. The van der Waals surface area contributed by atoms with Crippen molar-refractivity contribution in [2.75, 3.05) is 21.3 Å². The molecule has 0 bridgehead atoms. The number of ether oxygens (including phenoxy) is 4. The van der Waals surface area contributed by atoms with E-state index in [2.05, 4.69) is 6.92 Å². The van der Waals surface area contributed by atoms with E-state index < -0.39 is 0 Å². The van der Waals surface area contributed by atoms with Crippen LogP contribution in [0.1, 0.15) is 38.2 Å². The van der Waals surface area contributed by atoms with Gasteiger partial charge in [-0.3, -0.25) is 4.79 Å². The van der Waals surface area contributed by atoms with Gasteiger partial charge < -0.3 is 18.9 Å². The number of esters is 1. The molecule has 0 spiro atoms. The van der Waals surface area contributed by atoms with Crippen LogP contribution in [0.3, 0.4) is 0 Å². The number of benzene rings is 1. The van der Waals surface area contributed by atoms with Crippen molar-refractivity contribution in [3.8, 4) is 17.2 Å². The lowest BCUT2D eigenvalue weighted by molar-refractivity contribution is -0.145. The van der Waals surface area contributed by atoms with Crippen molar-refractivity contribution in [3.63, 3.8) is 0 Å². The standard InChI is InChI=1S/C16H24O5/c1-5-6-7-8-15(17)21-11-12-9-13(18-2)16(20-4)14(10-12)19-3/h9-10H,5-8,11H2,1-4H3. The van der Waals surface area contributed by atoms with E-state index in [4.69, 9.17) is 18.9 Å². The van der Waals surface area contributed by atoms with Gasteiger partial charge in [0.05, 0.1) is 21.3 Å². The molecular formula is C16H24O5. The van der Waals surface area contributed by atoms with Crippen molar-refractivity contribution >= 4 is 5.97 Å². The summed E-state index contributed by atoms with van der Waals surface area (Å²) >= 11 is 0. The molecule has 21 heavy (non-hydrogen) atoms. The van der Waals surface area contributed by atoms with E-state index >= 15 is 0 Å². The van der Waals surface area contributed by atoms with Crippen LogP contribution in [0.15, 0.2) is 12.1 Å². The maximum Gasteiger partial charge on any atom is 0.306 e. The predicted molar refractivity (Wildman–Crippen MR) is 80.0 cm³/mol. The predicted octanol–water partition coefficient (Wildman–Crippen LogP) is 3.34. The van der Waals surface area contributed by atoms with Crippen molar-refractivity contribution in [2.45, 2.75) is 39.2 Å². The number of rotatable bonds is 9. The van der Waals surface area contributed by atoms with Crippen molar-refractivity contribution in [2.24, 2.45) is 0 Å². The fourth-order valence-electron chi connectivity index (χ4n) is 1.97. The molecule has 0 saturated heterocycles. The molecule has 0 aliphatic rings. The molecule has 0 aromatic heterocycles. The van der Waals surface area contributed by atoms with Crippen LogP contribution in [0.25, 0.3) is 0 Å². The minimum absolute atomic E-state index is 0.183. The summed E-state index contributed by atoms with van der Waals surface area (Å²) in [5.41, 5.74) is 0.799.